The van der Waals surface area contributed by atoms with Crippen LogP contribution in [0.5, 0.6) is 0 Å². The number of nitrogens with one attached hydrogen (secondary N) is 11. The van der Waals surface area contributed by atoms with E-state index in [1.165, 1.54) is 20.8 Å². The van der Waals surface area contributed by atoms with E-state index in [-0.39, 0.29) is 44.1 Å². The van der Waals surface area contributed by atoms with Crippen LogP contribution in [0.1, 0.15) is 119 Å². The molecule has 0 saturated heterocycles. The number of carbonyl (C=O) groups excluding carboxylic acids is 11. The van der Waals surface area contributed by atoms with Gasteiger partial charge in [-0.15, -0.1) is 0 Å². The smallest absolute Gasteiger partial charge is 0.326 e. The largest absolute Gasteiger partial charge is 0.481 e. The average Bonchev–Trinajstić information content (AvgIpc) is 3.25. The maximum Gasteiger partial charge on any atom is 0.326 e. The van der Waals surface area contributed by atoms with Crippen molar-refractivity contribution in [3.8, 4) is 0 Å². The van der Waals surface area contributed by atoms with Gasteiger partial charge in [-0.2, -0.15) is 0 Å². The third kappa shape index (κ3) is 32.9. The van der Waals surface area contributed by atoms with E-state index in [2.05, 4.69) is 63.5 Å². The predicted molar refractivity (Wildman–Crippen MR) is 304 cm³/mol. The molecule has 9 unspecified atom stereocenters. The van der Waals surface area contributed by atoms with E-state index in [1.54, 1.807) is 27.7 Å². The van der Waals surface area contributed by atoms with Crippen LogP contribution in [0.3, 0.4) is 0 Å². The van der Waals surface area contributed by atoms with Gasteiger partial charge < -0.3 is 102 Å². The third-order valence-corrected chi connectivity index (χ3v) is 12.4. The monoisotopic (exact) mass is 1230 g/mol. The predicted octanol–water partition coefficient (Wildman–Crippen LogP) is -6.61. The Hall–Kier alpha value is -8.76. The Morgan fingerprint density at radius 1 is 0.430 bits per heavy atom. The minimum Gasteiger partial charge on any atom is -0.481 e. The molecule has 0 aliphatic carbocycles. The first-order valence-electron chi connectivity index (χ1n) is 27.7. The first kappa shape index (κ1) is 77.2. The van der Waals surface area contributed by atoms with Gasteiger partial charge in [0.1, 0.15) is 48.3 Å². The lowest BCUT2D eigenvalue weighted by Gasteiger charge is -2.28. The second-order valence-corrected chi connectivity index (χ2v) is 21.1. The van der Waals surface area contributed by atoms with Gasteiger partial charge in [-0.25, -0.2) is 4.79 Å². The number of hydrogen-bond donors (Lipinski definition) is 19. The summed E-state index contributed by atoms with van der Waals surface area (Å²) in [5, 5.41) is 63.2. The minimum absolute atomic E-state index is 0.0323. The van der Waals surface area contributed by atoms with Crippen LogP contribution in [0.15, 0.2) is 4.99 Å². The Morgan fingerprint density at radius 3 is 1.41 bits per heavy atom. The molecule has 0 saturated carbocycles. The number of hydrogen-bond acceptors (Lipinski definition) is 18. The summed E-state index contributed by atoms with van der Waals surface area (Å²) in [6, 6.07) is -13.1. The fraction of sp³-hybridized carbons (Fsp3) is 0.686. The summed E-state index contributed by atoms with van der Waals surface area (Å²) >= 11 is 0. The van der Waals surface area contributed by atoms with Crippen molar-refractivity contribution in [1.29, 1.82) is 0 Å². The molecule has 0 aliphatic heterocycles. The normalized spacial score (nSPS) is 14.1. The number of carboxylic acids is 4. The lowest BCUT2D eigenvalue weighted by atomic mass is 10.0. The molecule has 23 N–H and O–H groups in total. The second kappa shape index (κ2) is 40.5. The van der Waals surface area contributed by atoms with Crippen LogP contribution in [0.4, 0.5) is 0 Å². The molecule has 0 aliphatic rings. The maximum atomic E-state index is 13.7. The van der Waals surface area contributed by atoms with Gasteiger partial charge in [-0.3, -0.25) is 72.1 Å². The van der Waals surface area contributed by atoms with Crippen molar-refractivity contribution >= 4 is 94.8 Å². The van der Waals surface area contributed by atoms with Gasteiger partial charge in [0, 0.05) is 19.4 Å². The van der Waals surface area contributed by atoms with Crippen LogP contribution in [-0.2, 0) is 71.9 Å². The molecule has 11 amide bonds. The van der Waals surface area contributed by atoms with Crippen molar-refractivity contribution in [1.82, 2.24) is 58.5 Å². The topological polar surface area (TPSA) is 586 Å². The van der Waals surface area contributed by atoms with E-state index in [1.807, 2.05) is 0 Å². The molecule has 0 aromatic heterocycles. The van der Waals surface area contributed by atoms with Gasteiger partial charge in [-0.05, 0) is 76.2 Å². The molecule has 0 spiro atoms. The van der Waals surface area contributed by atoms with E-state index in [0.717, 1.165) is 0 Å². The van der Waals surface area contributed by atoms with Gasteiger partial charge in [0.2, 0.25) is 65.0 Å². The summed E-state index contributed by atoms with van der Waals surface area (Å²) in [7, 11) is 0. The molecule has 0 bridgehead atoms. The van der Waals surface area contributed by atoms with Gasteiger partial charge in [0.15, 0.2) is 5.96 Å². The van der Waals surface area contributed by atoms with Crippen LogP contribution in [0.25, 0.3) is 0 Å². The van der Waals surface area contributed by atoms with Crippen molar-refractivity contribution in [2.24, 2.45) is 45.7 Å². The Balaban J connectivity index is 5.88. The highest BCUT2D eigenvalue weighted by atomic mass is 16.4. The van der Waals surface area contributed by atoms with E-state index >= 15 is 0 Å². The van der Waals surface area contributed by atoms with Crippen molar-refractivity contribution in [3.63, 3.8) is 0 Å². The average molecular weight is 1230 g/mol. The van der Waals surface area contributed by atoms with Crippen LogP contribution in [0, 0.1) is 17.8 Å². The highest BCUT2D eigenvalue weighted by molar-refractivity contribution is 5.99. The number of carboxylic acid groups (broad SMARTS) is 4. The first-order chi connectivity index (χ1) is 40.1. The Kier molecular flexibility index (Phi) is 36.4. The summed E-state index contributed by atoms with van der Waals surface area (Å²) in [6.45, 7) is 8.81. The van der Waals surface area contributed by atoms with Gasteiger partial charge in [-0.1, -0.05) is 48.0 Å². The number of rotatable bonds is 43. The van der Waals surface area contributed by atoms with Crippen LogP contribution >= 0.6 is 0 Å². The third-order valence-electron chi connectivity index (χ3n) is 12.4. The van der Waals surface area contributed by atoms with Crippen molar-refractivity contribution in [2.75, 3.05) is 32.7 Å². The molecule has 0 radical (unpaired) electrons. The Morgan fingerprint density at radius 2 is 0.895 bits per heavy atom. The number of amides is 11. The Labute approximate surface area is 496 Å². The SMILES string of the molecule is CC(C)CC(NC(=O)C(C)NC(=O)C(CCC(=O)O)NC(=O)CNC(=O)CNC(=O)C(NC(=O)C(CCC(=O)O)NC(=O)C(CC(=O)O)NC(=O)C(NC(=O)C(N)CCCCN)C(C)C)C(C)C)C(=O)NCC(=O)NC(CCCN=C(N)N)C(=O)O. The molecule has 0 rings (SSSR count). The zero-order chi connectivity index (χ0) is 66.0. The standard InChI is InChI=1S/C51H88N16O19/c1-24(2)19-32(44(79)58-23-36(70)62-31(50(85)86)12-10-18-56-51(54)55)64-42(77)27(7)60-45(80)29(13-15-37(71)72)61-35(69)22-57-34(68)21-59-48(83)40(25(3)4)67-46(81)30(14-16-38(73)74)63-47(82)33(20-39(75)76)65-49(84)41(26(5)6)66-43(78)28(53)11-8-9-17-52/h24-33,40-41H,8-23,52-53H2,1-7H3,(H,57,68)(H,58,79)(H,59,83)(H,60,80)(H,61,69)(H,62,70)(H,63,82)(H,64,77)(H,65,84)(H,66,78)(H,67,81)(H,71,72)(H,73,74)(H,75,76)(H,85,86)(H4,54,55,56). The Bertz CT molecular complexity index is 2400. The lowest BCUT2D eigenvalue weighted by Crippen LogP contribution is -2.60. The second-order valence-electron chi connectivity index (χ2n) is 21.1. The van der Waals surface area contributed by atoms with Gasteiger partial charge in [0.25, 0.3) is 0 Å². The quantitative estimate of drug-likeness (QED) is 0.0153. The van der Waals surface area contributed by atoms with Crippen LogP contribution in [0.2, 0.25) is 0 Å². The van der Waals surface area contributed by atoms with Gasteiger partial charge in [0.05, 0.1) is 32.1 Å². The molecule has 9 atom stereocenters. The molecule has 0 heterocycles. The van der Waals surface area contributed by atoms with Crippen molar-refractivity contribution < 1.29 is 92.3 Å². The number of nitrogens with zero attached hydrogens (tertiary/aromatic N) is 1. The van der Waals surface area contributed by atoms with E-state index in [9.17, 15) is 92.3 Å². The zero-order valence-corrected chi connectivity index (χ0v) is 49.4. The summed E-state index contributed by atoms with van der Waals surface area (Å²) in [5.74, 6) is -18.3. The fourth-order valence-corrected chi connectivity index (χ4v) is 7.65. The van der Waals surface area contributed by atoms with Crippen molar-refractivity contribution in [3.05, 3.63) is 0 Å². The van der Waals surface area contributed by atoms with Crippen LogP contribution in [-0.4, -0.2) is 202 Å². The zero-order valence-electron chi connectivity index (χ0n) is 49.4. The molecule has 0 aromatic rings. The molecular weight excluding hydrogens is 1140 g/mol. The van der Waals surface area contributed by atoms with E-state index < -0.39 is 207 Å². The number of aliphatic carboxylic acids is 4. The van der Waals surface area contributed by atoms with Gasteiger partial charge >= 0.3 is 23.9 Å². The van der Waals surface area contributed by atoms with E-state index in [4.69, 9.17) is 22.9 Å². The molecular formula is C51H88N16O19. The maximum absolute atomic E-state index is 13.7. The minimum atomic E-state index is -1.88. The summed E-state index contributed by atoms with van der Waals surface area (Å²) in [4.78, 5) is 196. The molecule has 35 heteroatoms. The first-order valence-corrected chi connectivity index (χ1v) is 27.7. The number of guanidine groups is 1. The number of carbonyl (C=O) groups is 15. The fourth-order valence-electron chi connectivity index (χ4n) is 7.65. The van der Waals surface area contributed by atoms with Crippen molar-refractivity contribution in [2.45, 2.75) is 173 Å². The summed E-state index contributed by atoms with van der Waals surface area (Å²) in [6.07, 6.45) is -2.00. The molecule has 0 fully saturated rings. The lowest BCUT2D eigenvalue weighted by molar-refractivity contribution is -0.142. The molecule has 486 valence electrons. The summed E-state index contributed by atoms with van der Waals surface area (Å²) < 4.78 is 0. The molecule has 0 aromatic carbocycles. The molecule has 86 heavy (non-hydrogen) atoms. The number of unbranched alkanes of at least 4 members (excludes halogenated alkanes) is 1. The highest BCUT2D eigenvalue weighted by Gasteiger charge is 2.35. The highest BCUT2D eigenvalue weighted by Crippen LogP contribution is 2.11. The molecule has 35 nitrogen and oxygen atoms in total. The van der Waals surface area contributed by atoms with E-state index in [0.29, 0.717) is 19.4 Å². The summed E-state index contributed by atoms with van der Waals surface area (Å²) in [5.41, 5.74) is 22.0. The van der Waals surface area contributed by atoms with Crippen LogP contribution < -0.4 is 81.4 Å². The number of nitrogens with two attached hydrogens (primary N) is 4. The number of aliphatic imine (C=N–C) groups is 1.